The number of nitrogens with one attached hydrogen (secondary N) is 1. The molecule has 9 heteroatoms. The molecule has 3 rings (SSSR count). The van der Waals surface area contributed by atoms with Crippen molar-refractivity contribution in [3.63, 3.8) is 0 Å². The van der Waals surface area contributed by atoms with Gasteiger partial charge >= 0.3 is 0 Å². The molecule has 0 bridgehead atoms. The van der Waals surface area contributed by atoms with Crippen molar-refractivity contribution < 1.29 is 9.59 Å². The molecule has 1 N–H and O–H groups in total. The third-order valence-electron chi connectivity index (χ3n) is 3.41. The summed E-state index contributed by atoms with van der Waals surface area (Å²) in [6.07, 6.45) is 1.23. The Morgan fingerprint density at radius 3 is 2.75 bits per heavy atom. The lowest BCUT2D eigenvalue weighted by Gasteiger charge is -2.18. The minimum absolute atomic E-state index is 0.107. The molecule has 2 aromatic heterocycles. The number of carbonyl (C=O) groups is 2. The number of halogens is 1. The first kappa shape index (κ1) is 16.5. The third-order valence-corrected chi connectivity index (χ3v) is 4.65. The third kappa shape index (κ3) is 3.95. The molecule has 2 amide bonds. The van der Waals surface area contributed by atoms with E-state index in [9.17, 15) is 9.59 Å². The van der Waals surface area contributed by atoms with Crippen LogP contribution in [-0.2, 0) is 16.0 Å². The maximum absolute atomic E-state index is 12.1. The number of hydrazone groups is 1. The number of aromatic nitrogens is 2. The average Bonchev–Trinajstić information content (AvgIpc) is 2.97. The molecule has 7 nitrogen and oxygen atoms in total. The Bertz CT molecular complexity index is 802. The molecule has 2 aromatic rings. The molecule has 0 fully saturated rings. The maximum Gasteiger partial charge on any atom is 0.273 e. The highest BCUT2D eigenvalue weighted by molar-refractivity contribution is 7.16. The van der Waals surface area contributed by atoms with Gasteiger partial charge in [0.15, 0.2) is 5.82 Å². The molecular weight excluding hydrogens is 350 g/mol. The van der Waals surface area contributed by atoms with Gasteiger partial charge in [0.05, 0.1) is 10.0 Å². The fourth-order valence-corrected chi connectivity index (χ4v) is 3.27. The summed E-state index contributed by atoms with van der Waals surface area (Å²) in [5.74, 6) is -0.138. The lowest BCUT2D eigenvalue weighted by Crippen LogP contribution is -2.34. The van der Waals surface area contributed by atoms with Crippen LogP contribution in [0.15, 0.2) is 29.4 Å². The average molecular weight is 364 g/mol. The lowest BCUT2D eigenvalue weighted by molar-refractivity contribution is -0.130. The number of carbonyl (C=O) groups excluding carboxylic acids is 2. The van der Waals surface area contributed by atoms with Crippen molar-refractivity contribution in [2.24, 2.45) is 5.10 Å². The van der Waals surface area contributed by atoms with Gasteiger partial charge in [-0.25, -0.2) is 5.01 Å². The Morgan fingerprint density at radius 1 is 1.29 bits per heavy atom. The fourth-order valence-electron chi connectivity index (χ4n) is 2.17. The molecule has 0 atom stereocenters. The fraction of sp³-hybridized carbons (Fsp3) is 0.267. The normalized spacial score (nSPS) is 14.5. The summed E-state index contributed by atoms with van der Waals surface area (Å²) in [7, 11) is 1.53. The summed E-state index contributed by atoms with van der Waals surface area (Å²) in [4.78, 5) is 24.6. The summed E-state index contributed by atoms with van der Waals surface area (Å²) in [5.41, 5.74) is 1.09. The predicted molar refractivity (Wildman–Crippen MR) is 92.2 cm³/mol. The molecule has 1 aliphatic rings. The maximum atomic E-state index is 12.1. The topological polar surface area (TPSA) is 87.6 Å². The van der Waals surface area contributed by atoms with Crippen LogP contribution in [0, 0.1) is 0 Å². The highest BCUT2D eigenvalue weighted by atomic mass is 35.5. The predicted octanol–water partition coefficient (Wildman–Crippen LogP) is 2.33. The van der Waals surface area contributed by atoms with Gasteiger partial charge < -0.3 is 5.32 Å². The molecular formula is C15H14ClN5O2S. The molecule has 0 aliphatic carbocycles. The molecule has 0 aromatic carbocycles. The second kappa shape index (κ2) is 7.06. The van der Waals surface area contributed by atoms with E-state index in [1.54, 1.807) is 12.1 Å². The minimum Gasteiger partial charge on any atom is -0.304 e. The molecule has 0 saturated carbocycles. The van der Waals surface area contributed by atoms with Crippen LogP contribution in [-0.4, -0.2) is 39.8 Å². The zero-order valence-corrected chi connectivity index (χ0v) is 14.4. The Kier molecular flexibility index (Phi) is 4.86. The van der Waals surface area contributed by atoms with E-state index in [1.807, 2.05) is 12.1 Å². The number of nitrogens with zero attached hydrogens (tertiary/aromatic N) is 4. The zero-order valence-electron chi connectivity index (χ0n) is 12.8. The summed E-state index contributed by atoms with van der Waals surface area (Å²) in [6.45, 7) is 0. The SMILES string of the molecule is CN1N=C(C(=O)Nc2ccc(Cc3ccc(Cl)s3)nn2)CCC1=O. The lowest BCUT2D eigenvalue weighted by atomic mass is 10.1. The van der Waals surface area contributed by atoms with Crippen molar-refractivity contribution in [3.05, 3.63) is 39.2 Å². The van der Waals surface area contributed by atoms with Gasteiger partial charge in [-0.15, -0.1) is 16.4 Å². The van der Waals surface area contributed by atoms with Crippen LogP contribution < -0.4 is 5.32 Å². The first-order valence-electron chi connectivity index (χ1n) is 7.23. The number of hydrogen-bond acceptors (Lipinski definition) is 6. The van der Waals surface area contributed by atoms with E-state index in [-0.39, 0.29) is 18.2 Å². The van der Waals surface area contributed by atoms with E-state index < -0.39 is 0 Å². The van der Waals surface area contributed by atoms with Gasteiger partial charge in [0.1, 0.15) is 5.71 Å². The van der Waals surface area contributed by atoms with Gasteiger partial charge in [-0.05, 0) is 24.3 Å². The number of anilines is 1. The van der Waals surface area contributed by atoms with Gasteiger partial charge in [0, 0.05) is 31.2 Å². The van der Waals surface area contributed by atoms with Crippen LogP contribution in [0.25, 0.3) is 0 Å². The van der Waals surface area contributed by atoms with Crippen LogP contribution in [0.4, 0.5) is 5.82 Å². The van der Waals surface area contributed by atoms with E-state index in [0.29, 0.717) is 24.4 Å². The largest absolute Gasteiger partial charge is 0.304 e. The second-order valence-corrected chi connectivity index (χ2v) is 7.01. The van der Waals surface area contributed by atoms with Crippen LogP contribution >= 0.6 is 22.9 Å². The first-order chi connectivity index (χ1) is 11.5. The Morgan fingerprint density at radius 2 is 2.12 bits per heavy atom. The van der Waals surface area contributed by atoms with Crippen molar-refractivity contribution in [2.45, 2.75) is 19.3 Å². The van der Waals surface area contributed by atoms with E-state index in [0.717, 1.165) is 14.9 Å². The highest BCUT2D eigenvalue weighted by Crippen LogP contribution is 2.23. The number of thiophene rings is 1. The van der Waals surface area contributed by atoms with E-state index >= 15 is 0 Å². The quantitative estimate of drug-likeness (QED) is 0.903. The van der Waals surface area contributed by atoms with E-state index in [1.165, 1.54) is 23.4 Å². The monoisotopic (exact) mass is 363 g/mol. The van der Waals surface area contributed by atoms with E-state index in [4.69, 9.17) is 11.6 Å². The molecule has 24 heavy (non-hydrogen) atoms. The van der Waals surface area contributed by atoms with Gasteiger partial charge in [-0.3, -0.25) is 9.59 Å². The Hall–Kier alpha value is -2.32. The minimum atomic E-state index is -0.374. The number of amides is 2. The van der Waals surface area contributed by atoms with Crippen molar-refractivity contribution in [1.29, 1.82) is 0 Å². The smallest absolute Gasteiger partial charge is 0.273 e. The molecule has 0 saturated heterocycles. The molecule has 1 aliphatic heterocycles. The molecule has 0 radical (unpaired) electrons. The van der Waals surface area contributed by atoms with Gasteiger partial charge in [-0.1, -0.05) is 11.6 Å². The molecule has 0 unspecified atom stereocenters. The summed E-state index contributed by atoms with van der Waals surface area (Å²) >= 11 is 7.40. The van der Waals surface area contributed by atoms with Crippen LogP contribution in [0.3, 0.4) is 0 Å². The van der Waals surface area contributed by atoms with Crippen LogP contribution in [0.2, 0.25) is 4.34 Å². The van der Waals surface area contributed by atoms with Crippen molar-refractivity contribution in [1.82, 2.24) is 15.2 Å². The number of rotatable bonds is 4. The summed E-state index contributed by atoms with van der Waals surface area (Å²) in [6, 6.07) is 7.28. The standard InChI is InChI=1S/C15H14ClN5O2S/c1-21-14(22)7-4-11(20-21)15(23)17-13-6-2-9(18-19-13)8-10-3-5-12(16)24-10/h2-3,5-6H,4,7-8H2,1H3,(H,17,19,23). The molecule has 3 heterocycles. The van der Waals surface area contributed by atoms with Crippen molar-refractivity contribution >= 4 is 46.3 Å². The zero-order chi connectivity index (χ0) is 17.1. The Labute approximate surface area is 147 Å². The van der Waals surface area contributed by atoms with Gasteiger partial charge in [-0.2, -0.15) is 10.2 Å². The van der Waals surface area contributed by atoms with Gasteiger partial charge in [0.2, 0.25) is 5.91 Å². The highest BCUT2D eigenvalue weighted by Gasteiger charge is 2.22. The first-order valence-corrected chi connectivity index (χ1v) is 8.43. The summed E-state index contributed by atoms with van der Waals surface area (Å²) < 4.78 is 0.735. The molecule has 124 valence electrons. The van der Waals surface area contributed by atoms with Crippen molar-refractivity contribution in [3.8, 4) is 0 Å². The molecule has 0 spiro atoms. The van der Waals surface area contributed by atoms with E-state index in [2.05, 4.69) is 20.6 Å². The van der Waals surface area contributed by atoms with Crippen LogP contribution in [0.5, 0.6) is 0 Å². The van der Waals surface area contributed by atoms with Crippen molar-refractivity contribution in [2.75, 3.05) is 12.4 Å². The van der Waals surface area contributed by atoms with Crippen LogP contribution in [0.1, 0.15) is 23.4 Å². The number of hydrogen-bond donors (Lipinski definition) is 1. The second-order valence-electron chi connectivity index (χ2n) is 5.21. The van der Waals surface area contributed by atoms with Gasteiger partial charge in [0.25, 0.3) is 5.91 Å². The summed E-state index contributed by atoms with van der Waals surface area (Å²) in [5, 5.41) is 15.9. The Balaban J connectivity index is 1.62.